The number of benzene rings is 1. The lowest BCUT2D eigenvalue weighted by molar-refractivity contribution is 0.0144. The van der Waals surface area contributed by atoms with Crippen molar-refractivity contribution in [2.75, 3.05) is 13.1 Å². The molecule has 1 amide bonds. The molecule has 5 nitrogen and oxygen atoms in total. The largest absolute Gasteiger partial charge is 0.488 e. The van der Waals surface area contributed by atoms with Crippen molar-refractivity contribution in [1.29, 1.82) is 0 Å². The van der Waals surface area contributed by atoms with E-state index in [1.54, 1.807) is 24.3 Å². The van der Waals surface area contributed by atoms with Gasteiger partial charge in [0.2, 0.25) is 0 Å². The van der Waals surface area contributed by atoms with Gasteiger partial charge in [-0.2, -0.15) is 0 Å². The molecule has 0 unspecified atom stereocenters. The van der Waals surface area contributed by atoms with Crippen molar-refractivity contribution in [1.82, 2.24) is 9.88 Å². The van der Waals surface area contributed by atoms with Crippen LogP contribution >= 0.6 is 15.9 Å². The fourth-order valence-electron chi connectivity index (χ4n) is 2.43. The van der Waals surface area contributed by atoms with Gasteiger partial charge in [0.05, 0.1) is 4.47 Å². The van der Waals surface area contributed by atoms with Crippen LogP contribution in [0.5, 0.6) is 5.75 Å². The number of hydrogen-bond donors (Lipinski definition) is 1. The molecule has 0 spiro atoms. The number of aromatic nitrogens is 1. The second-order valence-corrected chi connectivity index (χ2v) is 6.28. The minimum Gasteiger partial charge on any atom is -0.488 e. The summed E-state index contributed by atoms with van der Waals surface area (Å²) in [7, 11) is 0. The first-order valence-electron chi connectivity index (χ1n) is 7.10. The molecule has 0 aliphatic carbocycles. The van der Waals surface area contributed by atoms with E-state index in [1.807, 2.05) is 0 Å². The summed E-state index contributed by atoms with van der Waals surface area (Å²) in [6, 6.07) is 8.26. The third-order valence-corrected chi connectivity index (χ3v) is 4.21. The van der Waals surface area contributed by atoms with Crippen LogP contribution in [0.4, 0.5) is 4.39 Å². The Morgan fingerprint density at radius 1 is 1.39 bits per heavy atom. The predicted molar refractivity (Wildman–Crippen MR) is 86.5 cm³/mol. The predicted octanol–water partition coefficient (Wildman–Crippen LogP) is 2.35. The molecule has 1 aliphatic heterocycles. The molecule has 7 heteroatoms. The van der Waals surface area contributed by atoms with E-state index in [0.717, 1.165) is 25.2 Å². The van der Waals surface area contributed by atoms with E-state index < -0.39 is 5.91 Å². The van der Waals surface area contributed by atoms with Gasteiger partial charge in [-0.25, -0.2) is 4.39 Å². The van der Waals surface area contributed by atoms with Gasteiger partial charge in [0, 0.05) is 31.9 Å². The van der Waals surface area contributed by atoms with Crippen LogP contribution in [0.25, 0.3) is 0 Å². The number of rotatable bonds is 5. The number of nitrogens with two attached hydrogens (primary N) is 1. The first kappa shape index (κ1) is 15.9. The Morgan fingerprint density at radius 3 is 2.87 bits per heavy atom. The Bertz CT molecular complexity index is 735. The van der Waals surface area contributed by atoms with Gasteiger partial charge in [0.1, 0.15) is 23.4 Å². The van der Waals surface area contributed by atoms with Gasteiger partial charge in [0.25, 0.3) is 5.91 Å². The van der Waals surface area contributed by atoms with Gasteiger partial charge in [-0.3, -0.25) is 14.7 Å². The standard InChI is InChI=1S/C16H15BrFN3O2/c17-13-5-10(1-2-14(13)18)7-21-8-12(9-21)23-11-3-4-20-15(6-11)16(19)22/h1-6,12H,7-9H2,(H2,19,22). The van der Waals surface area contributed by atoms with Crippen molar-refractivity contribution in [3.8, 4) is 5.75 Å². The van der Waals surface area contributed by atoms with Gasteiger partial charge in [0.15, 0.2) is 0 Å². The lowest BCUT2D eigenvalue weighted by Crippen LogP contribution is -2.53. The molecule has 3 rings (SSSR count). The molecule has 120 valence electrons. The lowest BCUT2D eigenvalue weighted by Gasteiger charge is -2.39. The molecule has 2 aromatic rings. The number of hydrogen-bond acceptors (Lipinski definition) is 4. The molecular formula is C16H15BrFN3O2. The number of ether oxygens (including phenoxy) is 1. The van der Waals surface area contributed by atoms with E-state index in [0.29, 0.717) is 10.2 Å². The Kier molecular flexibility index (Phi) is 4.58. The summed E-state index contributed by atoms with van der Waals surface area (Å²) in [5.41, 5.74) is 6.42. The number of halogens is 2. The molecule has 1 aromatic carbocycles. The van der Waals surface area contributed by atoms with Crippen LogP contribution in [-0.4, -0.2) is 35.0 Å². The summed E-state index contributed by atoms with van der Waals surface area (Å²) in [5.74, 6) is -0.253. The number of primary amides is 1. The molecule has 0 bridgehead atoms. The van der Waals surface area contributed by atoms with Crippen LogP contribution in [0.2, 0.25) is 0 Å². The third kappa shape index (κ3) is 3.86. The molecule has 0 saturated carbocycles. The zero-order valence-corrected chi connectivity index (χ0v) is 13.8. The Hall–Kier alpha value is -1.99. The maximum absolute atomic E-state index is 13.2. The highest BCUT2D eigenvalue weighted by atomic mass is 79.9. The molecule has 1 aromatic heterocycles. The lowest BCUT2D eigenvalue weighted by atomic mass is 10.1. The molecule has 2 heterocycles. The molecule has 0 radical (unpaired) electrons. The van der Waals surface area contributed by atoms with Gasteiger partial charge >= 0.3 is 0 Å². The van der Waals surface area contributed by atoms with Crippen molar-refractivity contribution in [2.45, 2.75) is 12.6 Å². The van der Waals surface area contributed by atoms with Crippen molar-refractivity contribution in [3.05, 3.63) is 58.1 Å². The monoisotopic (exact) mass is 379 g/mol. The summed E-state index contributed by atoms with van der Waals surface area (Å²) in [6.45, 7) is 2.27. The zero-order valence-electron chi connectivity index (χ0n) is 12.2. The van der Waals surface area contributed by atoms with Crippen LogP contribution in [0.3, 0.4) is 0 Å². The fourth-order valence-corrected chi connectivity index (χ4v) is 2.86. The highest BCUT2D eigenvalue weighted by molar-refractivity contribution is 9.10. The summed E-state index contributed by atoms with van der Waals surface area (Å²) in [5, 5.41) is 0. The van der Waals surface area contributed by atoms with Crippen molar-refractivity contribution in [3.63, 3.8) is 0 Å². The van der Waals surface area contributed by atoms with E-state index in [2.05, 4.69) is 25.8 Å². The molecule has 1 fully saturated rings. The molecule has 2 N–H and O–H groups in total. The second-order valence-electron chi connectivity index (χ2n) is 5.42. The average Bonchev–Trinajstić information content (AvgIpc) is 2.49. The van der Waals surface area contributed by atoms with Gasteiger partial charge in [-0.05, 0) is 39.7 Å². The highest BCUT2D eigenvalue weighted by Crippen LogP contribution is 2.22. The maximum atomic E-state index is 13.2. The summed E-state index contributed by atoms with van der Waals surface area (Å²) < 4.78 is 19.5. The normalized spacial score (nSPS) is 15.2. The van der Waals surface area contributed by atoms with Gasteiger partial charge in [-0.15, -0.1) is 0 Å². The van der Waals surface area contributed by atoms with Crippen LogP contribution in [0.1, 0.15) is 16.1 Å². The Balaban J connectivity index is 1.52. The smallest absolute Gasteiger partial charge is 0.267 e. The summed E-state index contributed by atoms with van der Waals surface area (Å²) in [6.07, 6.45) is 1.56. The molecule has 1 aliphatic rings. The van der Waals surface area contributed by atoms with Gasteiger partial charge in [-0.1, -0.05) is 6.07 Å². The van der Waals surface area contributed by atoms with Crippen molar-refractivity contribution in [2.24, 2.45) is 5.73 Å². The van der Waals surface area contributed by atoms with Crippen LogP contribution in [0.15, 0.2) is 41.0 Å². The number of pyridine rings is 1. The molecular weight excluding hydrogens is 365 g/mol. The number of amides is 1. The number of carbonyl (C=O) groups excluding carboxylic acids is 1. The highest BCUT2D eigenvalue weighted by Gasteiger charge is 2.28. The van der Waals surface area contributed by atoms with Crippen LogP contribution in [0, 0.1) is 5.82 Å². The van der Waals surface area contributed by atoms with E-state index in [1.165, 1.54) is 12.3 Å². The average molecular weight is 380 g/mol. The van der Waals surface area contributed by atoms with Gasteiger partial charge < -0.3 is 10.5 Å². The first-order valence-corrected chi connectivity index (χ1v) is 7.89. The SMILES string of the molecule is NC(=O)c1cc(OC2CN(Cc3ccc(F)c(Br)c3)C2)ccn1. The van der Waals surface area contributed by atoms with Crippen LogP contribution in [-0.2, 0) is 6.54 Å². The minimum absolute atomic E-state index is 0.0574. The topological polar surface area (TPSA) is 68.5 Å². The zero-order chi connectivity index (χ0) is 16.4. The van der Waals surface area contributed by atoms with E-state index >= 15 is 0 Å². The summed E-state index contributed by atoms with van der Waals surface area (Å²) in [4.78, 5) is 17.2. The quantitative estimate of drug-likeness (QED) is 0.865. The summed E-state index contributed by atoms with van der Waals surface area (Å²) >= 11 is 3.19. The third-order valence-electron chi connectivity index (χ3n) is 3.60. The first-order chi connectivity index (χ1) is 11.0. The Morgan fingerprint density at radius 2 is 2.17 bits per heavy atom. The number of carbonyl (C=O) groups is 1. The Labute approximate surface area is 141 Å². The fraction of sp³-hybridized carbons (Fsp3) is 0.250. The molecule has 0 atom stereocenters. The molecule has 23 heavy (non-hydrogen) atoms. The van der Waals surface area contributed by atoms with E-state index in [9.17, 15) is 9.18 Å². The number of nitrogens with zero attached hydrogens (tertiary/aromatic N) is 2. The minimum atomic E-state index is -0.576. The number of likely N-dealkylation sites (tertiary alicyclic amines) is 1. The van der Waals surface area contributed by atoms with Crippen molar-refractivity contribution < 1.29 is 13.9 Å². The van der Waals surface area contributed by atoms with Crippen LogP contribution < -0.4 is 10.5 Å². The van der Waals surface area contributed by atoms with E-state index in [4.69, 9.17) is 10.5 Å². The maximum Gasteiger partial charge on any atom is 0.267 e. The molecule has 1 saturated heterocycles. The van der Waals surface area contributed by atoms with E-state index in [-0.39, 0.29) is 17.6 Å². The van der Waals surface area contributed by atoms with Crippen molar-refractivity contribution >= 4 is 21.8 Å². The second kappa shape index (κ2) is 6.64.